The van der Waals surface area contributed by atoms with Gasteiger partial charge in [0.1, 0.15) is 5.82 Å². The third-order valence-corrected chi connectivity index (χ3v) is 5.73. The summed E-state index contributed by atoms with van der Waals surface area (Å²) in [6.07, 6.45) is 8.70. The van der Waals surface area contributed by atoms with Crippen molar-refractivity contribution in [3.8, 4) is 0 Å². The van der Waals surface area contributed by atoms with Crippen molar-refractivity contribution in [3.63, 3.8) is 0 Å². The number of hydrogen-bond donors (Lipinski definition) is 2. The summed E-state index contributed by atoms with van der Waals surface area (Å²) >= 11 is 1.36. The first-order chi connectivity index (χ1) is 12.6. The predicted octanol–water partition coefficient (Wildman–Crippen LogP) is 4.07. The summed E-state index contributed by atoms with van der Waals surface area (Å²) in [7, 11) is 0. The van der Waals surface area contributed by atoms with E-state index in [1.54, 1.807) is 0 Å². The highest BCUT2D eigenvalue weighted by Gasteiger charge is 2.22. The Morgan fingerprint density at radius 3 is 2.92 bits per heavy atom. The molecule has 1 aliphatic carbocycles. The van der Waals surface area contributed by atoms with Gasteiger partial charge in [-0.3, -0.25) is 9.89 Å². The van der Waals surface area contributed by atoms with Crippen molar-refractivity contribution in [3.05, 3.63) is 41.2 Å². The van der Waals surface area contributed by atoms with Crippen LogP contribution in [0.5, 0.6) is 0 Å². The molecule has 1 heterocycles. The van der Waals surface area contributed by atoms with Crippen LogP contribution >= 0.6 is 11.8 Å². The Bertz CT molecular complexity index is 771. The summed E-state index contributed by atoms with van der Waals surface area (Å²) in [4.78, 5) is 16.6. The van der Waals surface area contributed by atoms with Crippen LogP contribution in [-0.2, 0) is 4.79 Å². The first-order valence-electron chi connectivity index (χ1n) is 9.20. The number of carbonyl (C=O) groups is 1. The number of aryl methyl sites for hydroxylation is 1. The fraction of sp³-hybridized carbons (Fsp3) is 0.450. The second-order valence-corrected chi connectivity index (χ2v) is 7.86. The largest absolute Gasteiger partial charge is 0.352 e. The molecule has 5 nitrogen and oxygen atoms in total. The van der Waals surface area contributed by atoms with Crippen LogP contribution in [0.3, 0.4) is 0 Å². The van der Waals surface area contributed by atoms with Gasteiger partial charge in [-0.05, 0) is 42.9 Å². The van der Waals surface area contributed by atoms with Crippen molar-refractivity contribution < 1.29 is 4.79 Å². The number of thioether (sulfide) groups is 1. The van der Waals surface area contributed by atoms with Crippen LogP contribution in [-0.4, -0.2) is 32.9 Å². The predicted molar refractivity (Wildman–Crippen MR) is 107 cm³/mol. The maximum Gasteiger partial charge on any atom is 0.230 e. The topological polar surface area (TPSA) is 70.7 Å². The Morgan fingerprint density at radius 1 is 1.31 bits per heavy atom. The summed E-state index contributed by atoms with van der Waals surface area (Å²) in [5, 5.41) is 10.8. The van der Waals surface area contributed by atoms with Crippen molar-refractivity contribution in [1.82, 2.24) is 20.5 Å². The molecule has 2 N–H and O–H groups in total. The van der Waals surface area contributed by atoms with Crippen molar-refractivity contribution in [1.29, 1.82) is 0 Å². The molecule has 0 spiro atoms. The normalized spacial score (nSPS) is 20.4. The molecule has 6 heteroatoms. The Kier molecular flexibility index (Phi) is 6.50. The molecule has 1 aromatic carbocycles. The summed E-state index contributed by atoms with van der Waals surface area (Å²) in [5.41, 5.74) is 2.37. The number of aromatic nitrogens is 3. The average molecular weight is 371 g/mol. The Morgan fingerprint density at radius 2 is 2.12 bits per heavy atom. The molecule has 1 aliphatic rings. The van der Waals surface area contributed by atoms with E-state index in [0.717, 1.165) is 12.0 Å². The van der Waals surface area contributed by atoms with Gasteiger partial charge in [-0.2, -0.15) is 0 Å². The number of carbonyl (C=O) groups excluding carboxylic acids is 1. The fourth-order valence-electron chi connectivity index (χ4n) is 3.25. The molecule has 3 rings (SSSR count). The van der Waals surface area contributed by atoms with Gasteiger partial charge in [0.2, 0.25) is 11.1 Å². The van der Waals surface area contributed by atoms with Gasteiger partial charge in [-0.25, -0.2) is 4.98 Å². The second kappa shape index (κ2) is 9.03. The van der Waals surface area contributed by atoms with E-state index in [9.17, 15) is 4.79 Å². The molecule has 1 aromatic heterocycles. The molecule has 0 bridgehead atoms. The first kappa shape index (κ1) is 18.7. The lowest BCUT2D eigenvalue weighted by molar-refractivity contribution is -0.119. The molecular formula is C20H26N4OS. The minimum absolute atomic E-state index is 0.0653. The van der Waals surface area contributed by atoms with Gasteiger partial charge in [-0.15, -0.1) is 5.10 Å². The van der Waals surface area contributed by atoms with Gasteiger partial charge in [-0.1, -0.05) is 61.9 Å². The first-order valence-corrected chi connectivity index (χ1v) is 10.2. The van der Waals surface area contributed by atoms with Gasteiger partial charge >= 0.3 is 0 Å². The molecule has 26 heavy (non-hydrogen) atoms. The summed E-state index contributed by atoms with van der Waals surface area (Å²) in [6, 6.07) is 8.49. The minimum atomic E-state index is 0.0653. The zero-order valence-corrected chi connectivity index (χ0v) is 16.2. The molecule has 0 radical (unpaired) electrons. The van der Waals surface area contributed by atoms with Crippen LogP contribution in [0.15, 0.2) is 29.4 Å². The monoisotopic (exact) mass is 370 g/mol. The molecule has 1 fully saturated rings. The van der Waals surface area contributed by atoms with Crippen LogP contribution in [0.4, 0.5) is 0 Å². The SMILES string of the molecule is Cc1ccccc1/C=C/c1nc(SCC(=O)N[C@@H]2CCCC[C@@H]2C)n[nH]1. The van der Waals surface area contributed by atoms with E-state index in [-0.39, 0.29) is 5.91 Å². The molecule has 0 aliphatic heterocycles. The Balaban J connectivity index is 1.49. The van der Waals surface area contributed by atoms with Crippen molar-refractivity contribution in [2.75, 3.05) is 5.75 Å². The Hall–Kier alpha value is -2.08. The number of H-pyrrole nitrogens is 1. The van der Waals surface area contributed by atoms with Crippen molar-refractivity contribution >= 4 is 29.8 Å². The average Bonchev–Trinajstić information content (AvgIpc) is 3.09. The highest BCUT2D eigenvalue weighted by molar-refractivity contribution is 7.99. The second-order valence-electron chi connectivity index (χ2n) is 6.92. The summed E-state index contributed by atoms with van der Waals surface area (Å²) < 4.78 is 0. The van der Waals surface area contributed by atoms with Crippen LogP contribution in [0.2, 0.25) is 0 Å². The lowest BCUT2D eigenvalue weighted by atomic mass is 9.86. The maximum absolute atomic E-state index is 12.2. The Labute approximate surface area is 159 Å². The lowest BCUT2D eigenvalue weighted by Gasteiger charge is -2.29. The summed E-state index contributed by atoms with van der Waals surface area (Å²) in [6.45, 7) is 4.30. The molecule has 138 valence electrons. The minimum Gasteiger partial charge on any atom is -0.352 e. The number of rotatable bonds is 6. The van der Waals surface area contributed by atoms with Gasteiger partial charge in [0.25, 0.3) is 0 Å². The molecule has 0 saturated heterocycles. The van der Waals surface area contributed by atoms with Crippen molar-refractivity contribution in [2.24, 2.45) is 5.92 Å². The number of nitrogens with zero attached hydrogens (tertiary/aromatic N) is 2. The molecule has 1 amide bonds. The van der Waals surface area contributed by atoms with Crippen LogP contribution < -0.4 is 5.32 Å². The smallest absolute Gasteiger partial charge is 0.230 e. The molecule has 2 atom stereocenters. The van der Waals surface area contributed by atoms with E-state index < -0.39 is 0 Å². The molecule has 0 unspecified atom stereocenters. The van der Waals surface area contributed by atoms with E-state index in [2.05, 4.69) is 46.5 Å². The van der Waals surface area contributed by atoms with E-state index in [1.807, 2.05) is 24.3 Å². The highest BCUT2D eigenvalue weighted by Crippen LogP contribution is 2.24. The fourth-order valence-corrected chi connectivity index (χ4v) is 3.87. The number of nitrogens with one attached hydrogen (secondary N) is 2. The van der Waals surface area contributed by atoms with Gasteiger partial charge in [0, 0.05) is 6.04 Å². The quantitative estimate of drug-likeness (QED) is 0.752. The van der Waals surface area contributed by atoms with Gasteiger partial charge < -0.3 is 5.32 Å². The molecular weight excluding hydrogens is 344 g/mol. The third-order valence-electron chi connectivity index (χ3n) is 4.88. The van der Waals surface area contributed by atoms with Crippen molar-refractivity contribution in [2.45, 2.75) is 50.7 Å². The highest BCUT2D eigenvalue weighted by atomic mass is 32.2. The number of aromatic amines is 1. The number of amides is 1. The van der Waals surface area contributed by atoms with E-state index in [1.165, 1.54) is 36.6 Å². The van der Waals surface area contributed by atoms with Gasteiger partial charge in [0.05, 0.1) is 5.75 Å². The lowest BCUT2D eigenvalue weighted by Crippen LogP contribution is -2.41. The summed E-state index contributed by atoms with van der Waals surface area (Å²) in [5.74, 6) is 1.68. The van der Waals surface area contributed by atoms with E-state index in [4.69, 9.17) is 0 Å². The number of benzene rings is 1. The molecule has 1 saturated carbocycles. The maximum atomic E-state index is 12.2. The van der Waals surface area contributed by atoms with E-state index >= 15 is 0 Å². The zero-order chi connectivity index (χ0) is 18.4. The van der Waals surface area contributed by atoms with Crippen LogP contribution in [0.25, 0.3) is 12.2 Å². The van der Waals surface area contributed by atoms with Gasteiger partial charge in [0.15, 0.2) is 0 Å². The van der Waals surface area contributed by atoms with Crippen LogP contribution in [0.1, 0.15) is 49.6 Å². The number of hydrogen-bond acceptors (Lipinski definition) is 4. The van der Waals surface area contributed by atoms with E-state index in [0.29, 0.717) is 28.7 Å². The standard InChI is InChI=1S/C20H26N4OS/c1-14-7-3-5-9-16(14)11-12-18-22-20(24-23-18)26-13-19(25)21-17-10-6-4-8-15(17)2/h3,5,7,9,11-12,15,17H,4,6,8,10,13H2,1-2H3,(H,21,25)(H,22,23,24)/b12-11+/t15-,17+/m0/s1. The molecule has 2 aromatic rings. The zero-order valence-electron chi connectivity index (χ0n) is 15.4. The van der Waals surface area contributed by atoms with Crippen LogP contribution in [0, 0.1) is 12.8 Å². The third kappa shape index (κ3) is 5.21.